The highest BCUT2D eigenvalue weighted by Crippen LogP contribution is 2.16. The number of nitrogens with zero attached hydrogens (tertiary/aromatic N) is 1. The summed E-state index contributed by atoms with van der Waals surface area (Å²) in [6.45, 7) is 4.35. The van der Waals surface area contributed by atoms with Crippen LogP contribution in [0, 0.1) is 17.6 Å². The summed E-state index contributed by atoms with van der Waals surface area (Å²) in [5.41, 5.74) is -0.717. The van der Waals surface area contributed by atoms with Gasteiger partial charge in [-0.15, -0.1) is 0 Å². The molecule has 1 saturated heterocycles. The van der Waals surface area contributed by atoms with E-state index >= 15 is 0 Å². The van der Waals surface area contributed by atoms with Crippen molar-refractivity contribution in [3.63, 3.8) is 0 Å². The Labute approximate surface area is 178 Å². The molecule has 1 aliphatic heterocycles. The van der Waals surface area contributed by atoms with Gasteiger partial charge in [0, 0.05) is 19.1 Å². The molecule has 1 atom stereocenters. The number of carbonyl (C=O) groups excluding carboxylic acids is 3. The van der Waals surface area contributed by atoms with E-state index < -0.39 is 35.1 Å². The second-order valence-corrected chi connectivity index (χ2v) is 7.84. The lowest BCUT2D eigenvalue weighted by molar-refractivity contribution is -0.124. The lowest BCUT2D eigenvalue weighted by Gasteiger charge is -2.33. The van der Waals surface area contributed by atoms with Crippen LogP contribution in [0.4, 0.5) is 8.78 Å². The first-order valence-corrected chi connectivity index (χ1v) is 10.2. The topological polar surface area (TPSA) is 91.7 Å². The fourth-order valence-corrected chi connectivity index (χ4v) is 3.54. The van der Waals surface area contributed by atoms with E-state index in [4.69, 9.17) is 4.42 Å². The number of amides is 3. The molecule has 2 heterocycles. The number of carbonyl (C=O) groups is 3. The quantitative estimate of drug-likeness (QED) is 0.733. The Balaban J connectivity index is 1.58. The third-order valence-electron chi connectivity index (χ3n) is 5.29. The first-order chi connectivity index (χ1) is 14.8. The molecule has 2 N–H and O–H groups in total. The van der Waals surface area contributed by atoms with Crippen molar-refractivity contribution in [2.75, 3.05) is 13.1 Å². The molecule has 9 heteroatoms. The van der Waals surface area contributed by atoms with Crippen LogP contribution in [0.15, 0.2) is 41.0 Å². The highest BCUT2D eigenvalue weighted by molar-refractivity contribution is 5.98. The second kappa shape index (κ2) is 9.72. The van der Waals surface area contributed by atoms with Crippen molar-refractivity contribution in [2.24, 2.45) is 5.92 Å². The lowest BCUT2D eigenvalue weighted by atomic mass is 10.00. The van der Waals surface area contributed by atoms with Crippen LogP contribution in [0.1, 0.15) is 47.6 Å². The molecule has 2 aromatic rings. The highest BCUT2D eigenvalue weighted by atomic mass is 19.1. The molecule has 0 saturated carbocycles. The van der Waals surface area contributed by atoms with Crippen LogP contribution in [-0.4, -0.2) is 47.8 Å². The van der Waals surface area contributed by atoms with Gasteiger partial charge in [-0.05, 0) is 43.0 Å². The minimum absolute atomic E-state index is 0.184. The summed E-state index contributed by atoms with van der Waals surface area (Å²) >= 11 is 0. The molecule has 166 valence electrons. The normalized spacial score (nSPS) is 15.6. The summed E-state index contributed by atoms with van der Waals surface area (Å²) < 4.78 is 32.9. The van der Waals surface area contributed by atoms with Gasteiger partial charge >= 0.3 is 0 Å². The summed E-state index contributed by atoms with van der Waals surface area (Å²) in [5, 5.41) is 5.32. The summed E-state index contributed by atoms with van der Waals surface area (Å²) in [6, 6.07) is 5.24. The van der Waals surface area contributed by atoms with E-state index in [1.165, 1.54) is 6.26 Å². The Kier molecular flexibility index (Phi) is 7.04. The Morgan fingerprint density at radius 3 is 2.26 bits per heavy atom. The van der Waals surface area contributed by atoms with Crippen molar-refractivity contribution in [2.45, 2.75) is 38.8 Å². The van der Waals surface area contributed by atoms with Gasteiger partial charge in [-0.2, -0.15) is 0 Å². The summed E-state index contributed by atoms with van der Waals surface area (Å²) in [4.78, 5) is 39.2. The fraction of sp³-hybridized carbons (Fsp3) is 0.409. The molecule has 0 spiro atoms. The van der Waals surface area contributed by atoms with E-state index in [0.717, 1.165) is 18.2 Å². The van der Waals surface area contributed by atoms with Crippen LogP contribution in [0.3, 0.4) is 0 Å². The molecule has 1 aromatic carbocycles. The number of piperidine rings is 1. The van der Waals surface area contributed by atoms with Gasteiger partial charge in [-0.25, -0.2) is 8.78 Å². The van der Waals surface area contributed by atoms with E-state index in [1.54, 1.807) is 30.9 Å². The number of hydrogen-bond donors (Lipinski definition) is 2. The predicted octanol–water partition coefficient (Wildman–Crippen LogP) is 2.73. The van der Waals surface area contributed by atoms with Gasteiger partial charge in [0.25, 0.3) is 11.8 Å². The van der Waals surface area contributed by atoms with Crippen molar-refractivity contribution >= 4 is 17.7 Å². The molecule has 3 rings (SSSR count). The number of halogens is 2. The van der Waals surface area contributed by atoms with Gasteiger partial charge in [-0.1, -0.05) is 19.9 Å². The molecule has 1 aromatic heterocycles. The molecule has 3 amide bonds. The monoisotopic (exact) mass is 433 g/mol. The average Bonchev–Trinajstić information content (AvgIpc) is 3.26. The third kappa shape index (κ3) is 5.28. The van der Waals surface area contributed by atoms with Crippen LogP contribution in [0.25, 0.3) is 0 Å². The average molecular weight is 433 g/mol. The summed E-state index contributed by atoms with van der Waals surface area (Å²) in [6.07, 6.45) is 2.52. The molecule has 1 fully saturated rings. The summed E-state index contributed by atoms with van der Waals surface area (Å²) in [7, 11) is 0. The minimum atomic E-state index is -0.992. The number of nitrogens with one attached hydrogen (secondary N) is 2. The van der Waals surface area contributed by atoms with Crippen LogP contribution in [0.5, 0.6) is 0 Å². The molecule has 31 heavy (non-hydrogen) atoms. The Hall–Kier alpha value is -3.23. The van der Waals surface area contributed by atoms with Gasteiger partial charge in [0.2, 0.25) is 5.91 Å². The molecule has 1 aliphatic rings. The first kappa shape index (κ1) is 22.5. The third-order valence-corrected chi connectivity index (χ3v) is 5.29. The lowest BCUT2D eigenvalue weighted by Crippen LogP contribution is -2.54. The van der Waals surface area contributed by atoms with E-state index in [9.17, 15) is 23.2 Å². The maximum Gasteiger partial charge on any atom is 0.289 e. The van der Waals surface area contributed by atoms with Crippen LogP contribution < -0.4 is 10.6 Å². The van der Waals surface area contributed by atoms with Crippen molar-refractivity contribution in [3.05, 3.63) is 59.6 Å². The van der Waals surface area contributed by atoms with E-state index in [1.807, 2.05) is 0 Å². The Morgan fingerprint density at radius 1 is 1.06 bits per heavy atom. The zero-order valence-electron chi connectivity index (χ0n) is 17.4. The van der Waals surface area contributed by atoms with Crippen molar-refractivity contribution in [3.8, 4) is 0 Å². The number of likely N-dealkylation sites (tertiary alicyclic amines) is 1. The van der Waals surface area contributed by atoms with Crippen molar-refractivity contribution in [1.29, 1.82) is 0 Å². The van der Waals surface area contributed by atoms with Crippen molar-refractivity contribution < 1.29 is 27.6 Å². The van der Waals surface area contributed by atoms with Gasteiger partial charge in [0.05, 0.1) is 6.26 Å². The zero-order valence-corrected chi connectivity index (χ0v) is 17.4. The van der Waals surface area contributed by atoms with Gasteiger partial charge in [-0.3, -0.25) is 14.4 Å². The van der Waals surface area contributed by atoms with Gasteiger partial charge < -0.3 is 20.0 Å². The Morgan fingerprint density at radius 2 is 1.71 bits per heavy atom. The highest BCUT2D eigenvalue weighted by Gasteiger charge is 2.31. The van der Waals surface area contributed by atoms with E-state index in [0.29, 0.717) is 25.9 Å². The summed E-state index contributed by atoms with van der Waals surface area (Å²) in [5.74, 6) is -3.64. The largest absolute Gasteiger partial charge is 0.459 e. The zero-order chi connectivity index (χ0) is 22.5. The van der Waals surface area contributed by atoms with Gasteiger partial charge in [0.1, 0.15) is 23.2 Å². The molecule has 0 aliphatic carbocycles. The number of hydrogen-bond acceptors (Lipinski definition) is 4. The van der Waals surface area contributed by atoms with Crippen molar-refractivity contribution in [1.82, 2.24) is 15.5 Å². The Bertz CT molecular complexity index is 918. The van der Waals surface area contributed by atoms with E-state index in [2.05, 4.69) is 10.6 Å². The maximum atomic E-state index is 13.9. The van der Waals surface area contributed by atoms with Crippen LogP contribution >= 0.6 is 0 Å². The predicted molar refractivity (Wildman–Crippen MR) is 108 cm³/mol. The molecule has 0 bridgehead atoms. The molecular formula is C22H25F2N3O4. The number of rotatable bonds is 6. The minimum Gasteiger partial charge on any atom is -0.459 e. The number of benzene rings is 1. The standard InChI is InChI=1S/C22H25F2N3O4/c1-13(2)19(26-20(28)18-15(23)5-3-6-16(18)24)21(29)25-14-8-10-27(11-9-14)22(30)17-7-4-12-31-17/h3-7,12-14,19H,8-11H2,1-2H3,(H,25,29)(H,26,28)/t19-/m1/s1. The molecule has 0 radical (unpaired) electrons. The van der Waals surface area contributed by atoms with E-state index in [-0.39, 0.29) is 23.6 Å². The fourth-order valence-electron chi connectivity index (χ4n) is 3.54. The smallest absolute Gasteiger partial charge is 0.289 e. The maximum absolute atomic E-state index is 13.9. The number of furan rings is 1. The molecule has 0 unspecified atom stereocenters. The molecular weight excluding hydrogens is 408 g/mol. The van der Waals surface area contributed by atoms with Gasteiger partial charge in [0.15, 0.2) is 5.76 Å². The second-order valence-electron chi connectivity index (χ2n) is 7.84. The SMILES string of the molecule is CC(C)[C@@H](NC(=O)c1c(F)cccc1F)C(=O)NC1CCN(C(=O)c2ccco2)CC1. The van der Waals surface area contributed by atoms with Crippen LogP contribution in [0.2, 0.25) is 0 Å². The van der Waals surface area contributed by atoms with Crippen LogP contribution in [-0.2, 0) is 4.79 Å². The first-order valence-electron chi connectivity index (χ1n) is 10.2. The molecule has 7 nitrogen and oxygen atoms in total.